The molecule has 3 atom stereocenters. The fraction of sp³-hybridized carbons (Fsp3) is 0.848. The number of unbranched alkanes of at least 4 members (excludes halogenated alkanes) is 21. The first-order valence-corrected chi connectivity index (χ1v) is 21.9. The number of allylic oxidation sites excluding steroid dienone is 6. The maximum absolute atomic E-state index is 13.3. The van der Waals surface area contributed by atoms with Crippen LogP contribution in [0.2, 0.25) is 0 Å². The summed E-state index contributed by atoms with van der Waals surface area (Å²) in [6.45, 7) is 4.55. The summed E-state index contributed by atoms with van der Waals surface area (Å²) in [5, 5.41) is 0. The number of hydrogen-bond acceptors (Lipinski definition) is 3. The lowest BCUT2D eigenvalue weighted by Gasteiger charge is -2.33. The van der Waals surface area contributed by atoms with E-state index in [1.807, 2.05) is 0 Å². The van der Waals surface area contributed by atoms with Crippen LogP contribution in [0, 0.1) is 5.92 Å². The van der Waals surface area contributed by atoms with Crippen LogP contribution in [0.15, 0.2) is 36.5 Å². The Morgan fingerprint density at radius 1 is 0.571 bits per heavy atom. The normalized spacial score (nSPS) is 17.7. The highest BCUT2D eigenvalue weighted by molar-refractivity contribution is 5.72. The van der Waals surface area contributed by atoms with Crippen LogP contribution in [0.3, 0.4) is 0 Å². The molecule has 1 saturated carbocycles. The first-order valence-electron chi connectivity index (χ1n) is 21.9. The number of rotatable bonds is 34. The van der Waals surface area contributed by atoms with Crippen LogP contribution < -0.4 is 0 Å². The topological polar surface area (TPSA) is 29.5 Å². The van der Waals surface area contributed by atoms with Crippen molar-refractivity contribution in [2.24, 2.45) is 5.92 Å². The maximum atomic E-state index is 13.3. The molecule has 1 fully saturated rings. The van der Waals surface area contributed by atoms with Gasteiger partial charge in [0.25, 0.3) is 0 Å². The van der Waals surface area contributed by atoms with Crippen LogP contribution in [-0.4, -0.2) is 37.1 Å². The van der Waals surface area contributed by atoms with Crippen molar-refractivity contribution in [2.45, 2.75) is 231 Å². The number of nitrogens with zero attached hydrogens (tertiary/aromatic N) is 1. The number of esters is 1. The summed E-state index contributed by atoms with van der Waals surface area (Å²) in [4.78, 5) is 15.6. The SMILES string of the molecule is CCCCC/C=C\C/C=C\CCCCCCCCC(CCCCCCCC/C=C\CCCCCCCC)OC(=O)C1CCCC(N(C)C)C1. The van der Waals surface area contributed by atoms with E-state index < -0.39 is 0 Å². The molecule has 0 N–H and O–H groups in total. The van der Waals surface area contributed by atoms with E-state index in [1.165, 1.54) is 167 Å². The van der Waals surface area contributed by atoms with Crippen LogP contribution in [0.5, 0.6) is 0 Å². The van der Waals surface area contributed by atoms with Gasteiger partial charge in [0.05, 0.1) is 5.92 Å². The van der Waals surface area contributed by atoms with Crippen molar-refractivity contribution in [3.8, 4) is 0 Å². The lowest BCUT2D eigenvalue weighted by molar-refractivity contribution is -0.156. The smallest absolute Gasteiger partial charge is 0.309 e. The summed E-state index contributed by atoms with van der Waals surface area (Å²) in [5.74, 6) is 0.195. The molecular formula is C46H85NO2. The van der Waals surface area contributed by atoms with Crippen LogP contribution in [0.25, 0.3) is 0 Å². The summed E-state index contributed by atoms with van der Waals surface area (Å²) < 4.78 is 6.29. The molecule has 0 aliphatic heterocycles. The Balaban J connectivity index is 2.23. The minimum absolute atomic E-state index is 0.0966. The second-order valence-corrected chi connectivity index (χ2v) is 15.6. The third-order valence-corrected chi connectivity index (χ3v) is 10.8. The first kappa shape index (κ1) is 45.7. The van der Waals surface area contributed by atoms with Gasteiger partial charge in [0, 0.05) is 6.04 Å². The molecule has 1 rings (SSSR count). The van der Waals surface area contributed by atoms with E-state index in [2.05, 4.69) is 69.3 Å². The molecule has 1 aliphatic rings. The molecule has 3 heteroatoms. The molecule has 0 radical (unpaired) electrons. The quantitative estimate of drug-likeness (QED) is 0.0384. The van der Waals surface area contributed by atoms with Gasteiger partial charge in [-0.25, -0.2) is 0 Å². The van der Waals surface area contributed by atoms with Crippen molar-refractivity contribution in [2.75, 3.05) is 14.1 Å². The molecule has 0 heterocycles. The van der Waals surface area contributed by atoms with E-state index in [0.717, 1.165) is 38.5 Å². The molecule has 0 aromatic heterocycles. The fourth-order valence-corrected chi connectivity index (χ4v) is 7.35. The zero-order valence-corrected chi connectivity index (χ0v) is 33.6. The summed E-state index contributed by atoms with van der Waals surface area (Å²) in [7, 11) is 4.31. The molecule has 0 amide bonds. The molecule has 1 aliphatic carbocycles. The van der Waals surface area contributed by atoms with Crippen LogP contribution in [0.4, 0.5) is 0 Å². The minimum atomic E-state index is 0.0966. The van der Waals surface area contributed by atoms with Gasteiger partial charge in [0.15, 0.2) is 0 Å². The van der Waals surface area contributed by atoms with Gasteiger partial charge >= 0.3 is 5.97 Å². The van der Waals surface area contributed by atoms with Gasteiger partial charge < -0.3 is 9.64 Å². The Morgan fingerprint density at radius 3 is 1.47 bits per heavy atom. The van der Waals surface area contributed by atoms with Gasteiger partial charge in [-0.2, -0.15) is 0 Å². The number of hydrogen-bond donors (Lipinski definition) is 0. The van der Waals surface area contributed by atoms with Gasteiger partial charge in [0.2, 0.25) is 0 Å². The van der Waals surface area contributed by atoms with E-state index >= 15 is 0 Å². The van der Waals surface area contributed by atoms with Gasteiger partial charge in [-0.15, -0.1) is 0 Å². The lowest BCUT2D eigenvalue weighted by atomic mass is 9.85. The zero-order valence-electron chi connectivity index (χ0n) is 33.6. The van der Waals surface area contributed by atoms with E-state index in [9.17, 15) is 4.79 Å². The van der Waals surface area contributed by atoms with Gasteiger partial charge in [-0.1, -0.05) is 153 Å². The van der Waals surface area contributed by atoms with Crippen molar-refractivity contribution in [1.82, 2.24) is 4.90 Å². The Morgan fingerprint density at radius 2 is 0.980 bits per heavy atom. The maximum Gasteiger partial charge on any atom is 0.309 e. The average molecular weight is 684 g/mol. The summed E-state index contributed by atoms with van der Waals surface area (Å²) >= 11 is 0. The second-order valence-electron chi connectivity index (χ2n) is 15.6. The van der Waals surface area contributed by atoms with Crippen molar-refractivity contribution in [1.29, 1.82) is 0 Å². The van der Waals surface area contributed by atoms with Crippen molar-refractivity contribution < 1.29 is 9.53 Å². The summed E-state index contributed by atoms with van der Waals surface area (Å²) in [6.07, 6.45) is 54.7. The van der Waals surface area contributed by atoms with E-state index in [1.54, 1.807) is 0 Å². The van der Waals surface area contributed by atoms with Crippen molar-refractivity contribution >= 4 is 5.97 Å². The largest absolute Gasteiger partial charge is 0.462 e. The standard InChI is InChI=1S/C46H85NO2/c1-5-7-9-11-13-15-17-19-21-23-25-27-29-31-33-35-40-45(49-46(48)43-38-37-39-44(42-43)47(3)4)41-36-34-32-30-28-26-24-22-20-18-16-14-12-10-8-6-2/h13,15,19-22,43-45H,5-12,14,16-18,23-42H2,1-4H3/b15-13-,21-19-,22-20-. The third-order valence-electron chi connectivity index (χ3n) is 10.8. The Hall–Kier alpha value is -1.35. The van der Waals surface area contributed by atoms with Gasteiger partial charge in [-0.3, -0.25) is 4.79 Å². The number of ether oxygens (including phenoxy) is 1. The molecule has 0 spiro atoms. The predicted octanol–water partition coefficient (Wildman–Crippen LogP) is 14.6. The molecule has 0 aromatic carbocycles. The third kappa shape index (κ3) is 29.0. The van der Waals surface area contributed by atoms with E-state index in [-0.39, 0.29) is 18.0 Å². The Kier molecular flexibility index (Phi) is 32.7. The predicted molar refractivity (Wildman–Crippen MR) is 217 cm³/mol. The summed E-state index contributed by atoms with van der Waals surface area (Å²) in [6, 6.07) is 0.521. The Labute approximate surface area is 307 Å². The van der Waals surface area contributed by atoms with Crippen LogP contribution in [-0.2, 0) is 9.53 Å². The molecule has 49 heavy (non-hydrogen) atoms. The average Bonchev–Trinajstić information content (AvgIpc) is 3.11. The van der Waals surface area contributed by atoms with Gasteiger partial charge in [0.1, 0.15) is 6.10 Å². The van der Waals surface area contributed by atoms with E-state index in [0.29, 0.717) is 6.04 Å². The summed E-state index contributed by atoms with van der Waals surface area (Å²) in [5.41, 5.74) is 0. The highest BCUT2D eigenvalue weighted by Crippen LogP contribution is 2.29. The highest BCUT2D eigenvalue weighted by atomic mass is 16.5. The molecule has 0 aromatic rings. The number of carbonyl (C=O) groups excluding carboxylic acids is 1. The van der Waals surface area contributed by atoms with Crippen LogP contribution >= 0.6 is 0 Å². The molecule has 286 valence electrons. The Bertz CT molecular complexity index is 799. The van der Waals surface area contributed by atoms with Gasteiger partial charge in [-0.05, 0) is 117 Å². The lowest BCUT2D eigenvalue weighted by Crippen LogP contribution is -2.37. The zero-order chi connectivity index (χ0) is 35.5. The monoisotopic (exact) mass is 684 g/mol. The van der Waals surface area contributed by atoms with Crippen molar-refractivity contribution in [3.05, 3.63) is 36.5 Å². The molecule has 0 saturated heterocycles. The second kappa shape index (κ2) is 35.1. The minimum Gasteiger partial charge on any atom is -0.462 e. The molecule has 0 bridgehead atoms. The van der Waals surface area contributed by atoms with Crippen molar-refractivity contribution in [3.63, 3.8) is 0 Å². The molecule has 3 nitrogen and oxygen atoms in total. The fourth-order valence-electron chi connectivity index (χ4n) is 7.35. The molecule has 3 unspecified atom stereocenters. The number of carbonyl (C=O) groups is 1. The van der Waals surface area contributed by atoms with Crippen LogP contribution in [0.1, 0.15) is 219 Å². The first-order chi connectivity index (χ1) is 24.1. The van der Waals surface area contributed by atoms with E-state index in [4.69, 9.17) is 4.74 Å². The highest BCUT2D eigenvalue weighted by Gasteiger charge is 2.30. The molecular weight excluding hydrogens is 599 g/mol.